The second-order valence-electron chi connectivity index (χ2n) is 10.00. The molecule has 0 saturated heterocycles. The van der Waals surface area contributed by atoms with Crippen LogP contribution in [0.4, 0.5) is 0 Å². The number of nitrogens with zero attached hydrogens (tertiary/aromatic N) is 1. The third kappa shape index (κ3) is 8.98. The van der Waals surface area contributed by atoms with E-state index in [2.05, 4.69) is 48.4 Å². The van der Waals surface area contributed by atoms with E-state index in [1.807, 2.05) is 48.5 Å². The number of phenols is 1. The zero-order valence-corrected chi connectivity index (χ0v) is 22.9. The van der Waals surface area contributed by atoms with E-state index in [9.17, 15) is 15.0 Å². The molecule has 0 unspecified atom stereocenters. The highest BCUT2D eigenvalue weighted by Crippen LogP contribution is 2.21. The van der Waals surface area contributed by atoms with Crippen LogP contribution in [0, 0.1) is 0 Å². The molecule has 0 saturated carbocycles. The SMILES string of the molecule is CCCN(CCC)Cc1cc(C(=O)N[C@@H](Cc2ccccc2)[C@H](O)CN[C@H](C)c2ccccc2)ccc1O. The summed E-state index contributed by atoms with van der Waals surface area (Å²) < 4.78 is 0. The Labute approximate surface area is 227 Å². The van der Waals surface area contributed by atoms with E-state index >= 15 is 0 Å². The number of amides is 1. The summed E-state index contributed by atoms with van der Waals surface area (Å²) in [5.41, 5.74) is 3.38. The number of aromatic hydroxyl groups is 1. The maximum atomic E-state index is 13.4. The molecular formula is C32H43N3O3. The van der Waals surface area contributed by atoms with Crippen LogP contribution in [-0.2, 0) is 13.0 Å². The summed E-state index contributed by atoms with van der Waals surface area (Å²) in [5, 5.41) is 28.1. The van der Waals surface area contributed by atoms with Gasteiger partial charge >= 0.3 is 0 Å². The Morgan fingerprint density at radius 3 is 2.18 bits per heavy atom. The van der Waals surface area contributed by atoms with Crippen molar-refractivity contribution in [3.05, 3.63) is 101 Å². The lowest BCUT2D eigenvalue weighted by Crippen LogP contribution is -2.49. The molecule has 3 aromatic rings. The Bertz CT molecular complexity index is 1100. The molecule has 0 radical (unpaired) electrons. The number of hydrogen-bond donors (Lipinski definition) is 4. The van der Waals surface area contributed by atoms with E-state index in [1.165, 1.54) is 0 Å². The maximum absolute atomic E-state index is 13.4. The minimum absolute atomic E-state index is 0.0628. The summed E-state index contributed by atoms with van der Waals surface area (Å²) in [6, 6.07) is 24.5. The lowest BCUT2D eigenvalue weighted by molar-refractivity contribution is 0.0825. The number of phenolic OH excluding ortho intramolecular Hbond substituents is 1. The number of hydrogen-bond acceptors (Lipinski definition) is 5. The van der Waals surface area contributed by atoms with Gasteiger partial charge in [0.1, 0.15) is 5.75 Å². The smallest absolute Gasteiger partial charge is 0.251 e. The van der Waals surface area contributed by atoms with Gasteiger partial charge in [0.05, 0.1) is 12.1 Å². The van der Waals surface area contributed by atoms with Gasteiger partial charge in [-0.1, -0.05) is 74.5 Å². The molecule has 6 heteroatoms. The van der Waals surface area contributed by atoms with Crippen LogP contribution in [0.2, 0.25) is 0 Å². The van der Waals surface area contributed by atoms with Gasteiger partial charge < -0.3 is 20.8 Å². The van der Waals surface area contributed by atoms with Crippen molar-refractivity contribution in [1.82, 2.24) is 15.5 Å². The van der Waals surface area contributed by atoms with Crippen molar-refractivity contribution < 1.29 is 15.0 Å². The summed E-state index contributed by atoms with van der Waals surface area (Å²) in [7, 11) is 0. The molecule has 3 rings (SSSR count). The average Bonchev–Trinajstić information content (AvgIpc) is 2.93. The van der Waals surface area contributed by atoms with Crippen LogP contribution >= 0.6 is 0 Å². The van der Waals surface area contributed by atoms with E-state index in [0.717, 1.165) is 42.6 Å². The van der Waals surface area contributed by atoms with E-state index in [1.54, 1.807) is 18.2 Å². The molecule has 0 aliphatic carbocycles. The van der Waals surface area contributed by atoms with E-state index in [0.29, 0.717) is 25.1 Å². The predicted molar refractivity (Wildman–Crippen MR) is 154 cm³/mol. The molecule has 0 bridgehead atoms. The highest BCUT2D eigenvalue weighted by Gasteiger charge is 2.24. The number of carbonyl (C=O) groups is 1. The fraction of sp³-hybridized carbons (Fsp3) is 0.406. The third-order valence-corrected chi connectivity index (χ3v) is 6.83. The number of aliphatic hydroxyl groups excluding tert-OH is 1. The van der Waals surface area contributed by atoms with Crippen molar-refractivity contribution in [3.63, 3.8) is 0 Å². The summed E-state index contributed by atoms with van der Waals surface area (Å²) in [6.07, 6.45) is 1.75. The first-order chi connectivity index (χ1) is 18.4. The molecular weight excluding hydrogens is 474 g/mol. The van der Waals surface area contributed by atoms with Crippen LogP contribution in [0.1, 0.15) is 66.7 Å². The molecule has 204 valence electrons. The number of carbonyl (C=O) groups excluding carboxylic acids is 1. The van der Waals surface area contributed by atoms with Gasteiger partial charge in [0.15, 0.2) is 0 Å². The van der Waals surface area contributed by atoms with Crippen molar-refractivity contribution in [2.75, 3.05) is 19.6 Å². The second-order valence-corrected chi connectivity index (χ2v) is 10.00. The first-order valence-electron chi connectivity index (χ1n) is 13.8. The minimum Gasteiger partial charge on any atom is -0.508 e. The van der Waals surface area contributed by atoms with Gasteiger partial charge in [-0.3, -0.25) is 9.69 Å². The van der Waals surface area contributed by atoms with Crippen LogP contribution in [-0.4, -0.2) is 52.8 Å². The average molecular weight is 518 g/mol. The molecule has 3 atom stereocenters. The standard InChI is InChI=1S/C32H43N3O3/c1-4-18-35(19-5-2)23-28-21-27(16-17-30(28)36)32(38)34-29(20-25-12-8-6-9-13-25)31(37)22-33-24(3)26-14-10-7-11-15-26/h6-17,21,24,29,31,33,36-37H,4-5,18-20,22-23H2,1-3H3,(H,34,38)/t24-,29+,31-/m1/s1. The van der Waals surface area contributed by atoms with Gasteiger partial charge in [-0.2, -0.15) is 0 Å². The summed E-state index contributed by atoms with van der Waals surface area (Å²) in [4.78, 5) is 15.7. The van der Waals surface area contributed by atoms with Gasteiger partial charge in [-0.05, 0) is 68.6 Å². The number of nitrogens with one attached hydrogen (secondary N) is 2. The zero-order chi connectivity index (χ0) is 27.3. The van der Waals surface area contributed by atoms with Crippen molar-refractivity contribution in [2.24, 2.45) is 0 Å². The number of aliphatic hydroxyl groups is 1. The van der Waals surface area contributed by atoms with Gasteiger partial charge in [-0.15, -0.1) is 0 Å². The molecule has 6 nitrogen and oxygen atoms in total. The summed E-state index contributed by atoms with van der Waals surface area (Å²) in [5.74, 6) is -0.0707. The van der Waals surface area contributed by atoms with Crippen molar-refractivity contribution >= 4 is 5.91 Å². The van der Waals surface area contributed by atoms with Crippen LogP contribution in [0.5, 0.6) is 5.75 Å². The third-order valence-electron chi connectivity index (χ3n) is 6.83. The van der Waals surface area contributed by atoms with Crippen LogP contribution in [0.3, 0.4) is 0 Å². The van der Waals surface area contributed by atoms with Crippen LogP contribution in [0.25, 0.3) is 0 Å². The quantitative estimate of drug-likeness (QED) is 0.226. The van der Waals surface area contributed by atoms with Crippen LogP contribution < -0.4 is 10.6 Å². The van der Waals surface area contributed by atoms with E-state index < -0.39 is 12.1 Å². The van der Waals surface area contributed by atoms with Crippen LogP contribution in [0.15, 0.2) is 78.9 Å². The van der Waals surface area contributed by atoms with E-state index in [4.69, 9.17) is 0 Å². The molecule has 3 aromatic carbocycles. The monoisotopic (exact) mass is 517 g/mol. The molecule has 4 N–H and O–H groups in total. The Morgan fingerprint density at radius 1 is 0.921 bits per heavy atom. The Morgan fingerprint density at radius 2 is 1.55 bits per heavy atom. The highest BCUT2D eigenvalue weighted by molar-refractivity contribution is 5.94. The number of benzene rings is 3. The molecule has 0 fully saturated rings. The molecule has 0 aliphatic rings. The fourth-order valence-electron chi connectivity index (χ4n) is 4.70. The predicted octanol–water partition coefficient (Wildman–Crippen LogP) is 5.07. The van der Waals surface area contributed by atoms with Gasteiger partial charge in [0.2, 0.25) is 0 Å². The van der Waals surface area contributed by atoms with Crippen molar-refractivity contribution in [3.8, 4) is 5.75 Å². The lowest BCUT2D eigenvalue weighted by Gasteiger charge is -2.26. The molecule has 0 heterocycles. The number of rotatable bonds is 15. The lowest BCUT2D eigenvalue weighted by atomic mass is 9.99. The first kappa shape index (κ1) is 29.4. The largest absolute Gasteiger partial charge is 0.508 e. The van der Waals surface area contributed by atoms with Gasteiger partial charge in [0, 0.05) is 30.3 Å². The van der Waals surface area contributed by atoms with E-state index in [-0.39, 0.29) is 17.7 Å². The summed E-state index contributed by atoms with van der Waals surface area (Å²) in [6.45, 7) is 9.13. The molecule has 0 aliphatic heterocycles. The highest BCUT2D eigenvalue weighted by atomic mass is 16.3. The Hall–Kier alpha value is -3.19. The minimum atomic E-state index is -0.800. The Kier molecular flexibility index (Phi) is 11.8. The fourth-order valence-corrected chi connectivity index (χ4v) is 4.70. The second kappa shape index (κ2) is 15.3. The first-order valence-corrected chi connectivity index (χ1v) is 13.8. The van der Waals surface area contributed by atoms with Gasteiger partial charge in [0.25, 0.3) is 5.91 Å². The van der Waals surface area contributed by atoms with Crippen molar-refractivity contribution in [2.45, 2.75) is 64.8 Å². The zero-order valence-electron chi connectivity index (χ0n) is 22.9. The normalized spacial score (nSPS) is 13.7. The Balaban J connectivity index is 1.73. The van der Waals surface area contributed by atoms with Gasteiger partial charge in [-0.25, -0.2) is 0 Å². The molecule has 0 aromatic heterocycles. The topological polar surface area (TPSA) is 84.8 Å². The van der Waals surface area contributed by atoms with Crippen molar-refractivity contribution in [1.29, 1.82) is 0 Å². The maximum Gasteiger partial charge on any atom is 0.251 e. The molecule has 1 amide bonds. The molecule has 38 heavy (non-hydrogen) atoms. The molecule has 0 spiro atoms. The summed E-state index contributed by atoms with van der Waals surface area (Å²) >= 11 is 0.